The highest BCUT2D eigenvalue weighted by atomic mass is 16.5. The van der Waals surface area contributed by atoms with E-state index in [4.69, 9.17) is 4.74 Å². The van der Waals surface area contributed by atoms with E-state index in [9.17, 15) is 5.11 Å². The van der Waals surface area contributed by atoms with Gasteiger partial charge in [0.05, 0.1) is 18.5 Å². The number of hydrogen-bond donors (Lipinski definition) is 2. The van der Waals surface area contributed by atoms with Crippen LogP contribution in [0, 0.1) is 20.8 Å². The third kappa shape index (κ3) is 2.35. The van der Waals surface area contributed by atoms with Crippen LogP contribution in [0.4, 0.5) is 5.69 Å². The number of aromatic nitrogens is 2. The number of methoxy groups -OCH3 is 1. The molecule has 1 aromatic heterocycles. The van der Waals surface area contributed by atoms with E-state index in [0.29, 0.717) is 5.75 Å². The minimum atomic E-state index is -0.298. The minimum absolute atomic E-state index is 0.134. The summed E-state index contributed by atoms with van der Waals surface area (Å²) in [6, 6.07) is 11.9. The van der Waals surface area contributed by atoms with E-state index >= 15 is 0 Å². The molecule has 0 fully saturated rings. The Hall–Kier alpha value is -2.95. The van der Waals surface area contributed by atoms with Gasteiger partial charge in [0.25, 0.3) is 0 Å². The van der Waals surface area contributed by atoms with Crippen molar-refractivity contribution in [1.82, 2.24) is 9.78 Å². The first kappa shape index (κ1) is 15.6. The number of phenols is 1. The van der Waals surface area contributed by atoms with Crippen LogP contribution >= 0.6 is 0 Å². The van der Waals surface area contributed by atoms with Crippen LogP contribution in [0.3, 0.4) is 0 Å². The Morgan fingerprint density at radius 3 is 2.72 bits per heavy atom. The molecule has 4 rings (SSSR count). The smallest absolute Gasteiger partial charge is 0.164 e. The van der Waals surface area contributed by atoms with Crippen molar-refractivity contribution < 1.29 is 9.84 Å². The quantitative estimate of drug-likeness (QED) is 0.738. The van der Waals surface area contributed by atoms with Crippen molar-refractivity contribution in [2.75, 3.05) is 12.4 Å². The Kier molecular flexibility index (Phi) is 3.46. The fourth-order valence-corrected chi connectivity index (χ4v) is 3.61. The molecule has 0 bridgehead atoms. The number of nitrogens with zero attached hydrogens (tertiary/aromatic N) is 2. The number of anilines is 1. The predicted molar refractivity (Wildman–Crippen MR) is 98.3 cm³/mol. The molecule has 128 valence electrons. The normalized spacial score (nSPS) is 15.3. The molecule has 1 aliphatic heterocycles. The fraction of sp³-hybridized carbons (Fsp3) is 0.250. The molecular formula is C20H21N3O2. The van der Waals surface area contributed by atoms with Gasteiger partial charge >= 0.3 is 0 Å². The monoisotopic (exact) mass is 335 g/mol. The molecule has 5 nitrogen and oxygen atoms in total. The average molecular weight is 335 g/mol. The number of ether oxygens (including phenoxy) is 1. The molecule has 2 N–H and O–H groups in total. The second kappa shape index (κ2) is 5.55. The molecule has 0 amide bonds. The lowest BCUT2D eigenvalue weighted by molar-refractivity contribution is 0.366. The number of phenolic OH excluding ortho intramolecular Hbond substituents is 1. The van der Waals surface area contributed by atoms with Gasteiger partial charge in [-0.05, 0) is 44.5 Å². The molecule has 5 heteroatoms. The zero-order chi connectivity index (χ0) is 17.7. The summed E-state index contributed by atoms with van der Waals surface area (Å²) in [5, 5.41) is 18.9. The molecule has 25 heavy (non-hydrogen) atoms. The van der Waals surface area contributed by atoms with Crippen LogP contribution in [0.1, 0.15) is 28.6 Å². The Morgan fingerprint density at radius 2 is 1.96 bits per heavy atom. The molecule has 0 unspecified atom stereocenters. The SMILES string of the molecule is COc1cccc([C@@H]2Nc3c(C)cc(C)cc3-c3cc(C)nn32)c1O. The molecule has 0 aliphatic carbocycles. The lowest BCUT2D eigenvalue weighted by Gasteiger charge is -2.31. The summed E-state index contributed by atoms with van der Waals surface area (Å²) in [5.41, 5.74) is 7.32. The van der Waals surface area contributed by atoms with Crippen LogP contribution < -0.4 is 10.1 Å². The summed E-state index contributed by atoms with van der Waals surface area (Å²) in [4.78, 5) is 0. The highest BCUT2D eigenvalue weighted by Gasteiger charge is 2.30. The number of para-hydroxylation sites is 1. The number of aromatic hydroxyl groups is 1. The molecule has 2 heterocycles. The lowest BCUT2D eigenvalue weighted by Crippen LogP contribution is -2.26. The topological polar surface area (TPSA) is 59.3 Å². The summed E-state index contributed by atoms with van der Waals surface area (Å²) < 4.78 is 7.21. The average Bonchev–Trinajstić information content (AvgIpc) is 2.97. The van der Waals surface area contributed by atoms with E-state index in [1.165, 1.54) is 11.1 Å². The maximum Gasteiger partial charge on any atom is 0.164 e. The summed E-state index contributed by atoms with van der Waals surface area (Å²) in [7, 11) is 1.55. The number of aryl methyl sites for hydroxylation is 3. The Morgan fingerprint density at radius 1 is 1.16 bits per heavy atom. The maximum atomic E-state index is 10.6. The van der Waals surface area contributed by atoms with Crippen LogP contribution in [0.15, 0.2) is 36.4 Å². The van der Waals surface area contributed by atoms with Crippen LogP contribution in [-0.4, -0.2) is 22.0 Å². The van der Waals surface area contributed by atoms with Crippen molar-refractivity contribution in [3.8, 4) is 22.8 Å². The van der Waals surface area contributed by atoms with Crippen molar-refractivity contribution in [1.29, 1.82) is 0 Å². The number of rotatable bonds is 2. The summed E-state index contributed by atoms with van der Waals surface area (Å²) in [6.45, 7) is 6.18. The van der Waals surface area contributed by atoms with Crippen LogP contribution in [0.2, 0.25) is 0 Å². The number of nitrogens with one attached hydrogen (secondary N) is 1. The Balaban J connectivity index is 1.95. The van der Waals surface area contributed by atoms with Crippen molar-refractivity contribution >= 4 is 5.69 Å². The zero-order valence-corrected chi connectivity index (χ0v) is 14.8. The van der Waals surface area contributed by atoms with Crippen LogP contribution in [-0.2, 0) is 0 Å². The summed E-state index contributed by atoms with van der Waals surface area (Å²) in [5.74, 6) is 0.589. The summed E-state index contributed by atoms with van der Waals surface area (Å²) in [6.07, 6.45) is -0.298. The van der Waals surface area contributed by atoms with Gasteiger partial charge in [-0.15, -0.1) is 0 Å². The molecule has 2 aromatic carbocycles. The van der Waals surface area contributed by atoms with Gasteiger partial charge in [-0.1, -0.05) is 23.8 Å². The minimum Gasteiger partial charge on any atom is -0.504 e. The van der Waals surface area contributed by atoms with Gasteiger partial charge in [-0.3, -0.25) is 0 Å². The van der Waals surface area contributed by atoms with E-state index in [0.717, 1.165) is 28.2 Å². The predicted octanol–water partition coefficient (Wildman–Crippen LogP) is 4.16. The van der Waals surface area contributed by atoms with Gasteiger partial charge in [0.2, 0.25) is 0 Å². The zero-order valence-electron chi connectivity index (χ0n) is 14.8. The van der Waals surface area contributed by atoms with Gasteiger partial charge in [0.15, 0.2) is 17.7 Å². The van der Waals surface area contributed by atoms with E-state index in [1.54, 1.807) is 13.2 Å². The number of benzene rings is 2. The summed E-state index contributed by atoms with van der Waals surface area (Å²) >= 11 is 0. The van der Waals surface area contributed by atoms with Gasteiger partial charge in [-0.2, -0.15) is 5.10 Å². The molecule has 0 spiro atoms. The third-order valence-electron chi connectivity index (χ3n) is 4.68. The van der Waals surface area contributed by atoms with E-state index in [1.807, 2.05) is 23.7 Å². The standard InChI is InChI=1S/C20H21N3O2/c1-11-8-12(2)18-15(9-11)16-10-13(3)22-23(16)20(21-18)14-6-5-7-17(25-4)19(14)24/h5-10,20-21,24H,1-4H3/t20-/m1/s1. The second-order valence-corrected chi connectivity index (χ2v) is 6.56. The second-order valence-electron chi connectivity index (χ2n) is 6.56. The highest BCUT2D eigenvalue weighted by molar-refractivity contribution is 5.82. The molecule has 0 saturated heterocycles. The maximum absolute atomic E-state index is 10.6. The van der Waals surface area contributed by atoms with E-state index < -0.39 is 0 Å². The molecule has 1 aliphatic rings. The van der Waals surface area contributed by atoms with Crippen LogP contribution in [0.5, 0.6) is 11.5 Å². The first-order chi connectivity index (χ1) is 12.0. The van der Waals surface area contributed by atoms with Crippen molar-refractivity contribution in [3.63, 3.8) is 0 Å². The first-order valence-corrected chi connectivity index (χ1v) is 8.29. The van der Waals surface area contributed by atoms with Gasteiger partial charge < -0.3 is 15.2 Å². The molecule has 3 aromatic rings. The van der Waals surface area contributed by atoms with Gasteiger partial charge in [0.1, 0.15) is 0 Å². The largest absolute Gasteiger partial charge is 0.504 e. The van der Waals surface area contributed by atoms with Crippen LogP contribution in [0.25, 0.3) is 11.3 Å². The van der Waals surface area contributed by atoms with Gasteiger partial charge in [-0.25, -0.2) is 4.68 Å². The number of fused-ring (bicyclic) bond motifs is 3. The fourth-order valence-electron chi connectivity index (χ4n) is 3.61. The Bertz CT molecular complexity index is 975. The third-order valence-corrected chi connectivity index (χ3v) is 4.68. The molecule has 0 radical (unpaired) electrons. The molecule has 0 saturated carbocycles. The Labute approximate surface area is 146 Å². The molecule has 1 atom stereocenters. The van der Waals surface area contributed by atoms with Crippen molar-refractivity contribution in [2.24, 2.45) is 0 Å². The first-order valence-electron chi connectivity index (χ1n) is 8.29. The lowest BCUT2D eigenvalue weighted by atomic mass is 9.98. The van der Waals surface area contributed by atoms with E-state index in [2.05, 4.69) is 42.5 Å². The molecular weight excluding hydrogens is 314 g/mol. The van der Waals surface area contributed by atoms with E-state index in [-0.39, 0.29) is 11.9 Å². The highest BCUT2D eigenvalue weighted by Crippen LogP contribution is 2.44. The van der Waals surface area contributed by atoms with Crippen molar-refractivity contribution in [3.05, 3.63) is 58.8 Å². The number of hydrogen-bond acceptors (Lipinski definition) is 4. The van der Waals surface area contributed by atoms with Gasteiger partial charge in [0, 0.05) is 16.8 Å². The van der Waals surface area contributed by atoms with Crippen molar-refractivity contribution in [2.45, 2.75) is 26.9 Å².